The van der Waals surface area contributed by atoms with E-state index in [-0.39, 0.29) is 11.8 Å². The van der Waals surface area contributed by atoms with Gasteiger partial charge in [-0.2, -0.15) is 0 Å². The van der Waals surface area contributed by atoms with Crippen LogP contribution in [-0.4, -0.2) is 37.4 Å². The van der Waals surface area contributed by atoms with E-state index in [1.807, 2.05) is 31.1 Å². The van der Waals surface area contributed by atoms with Crippen LogP contribution in [-0.2, 0) is 4.79 Å². The molecular formula is C18H21ClN4O2. The molecule has 0 unspecified atom stereocenters. The Morgan fingerprint density at radius 2 is 1.84 bits per heavy atom. The third-order valence-electron chi connectivity index (χ3n) is 3.46. The van der Waals surface area contributed by atoms with Gasteiger partial charge >= 0.3 is 0 Å². The van der Waals surface area contributed by atoms with Gasteiger partial charge in [-0.25, -0.2) is 4.98 Å². The summed E-state index contributed by atoms with van der Waals surface area (Å²) in [5, 5.41) is 6.15. The highest BCUT2D eigenvalue weighted by atomic mass is 35.5. The van der Waals surface area contributed by atoms with Crippen LogP contribution in [0, 0.1) is 0 Å². The Kier molecular flexibility index (Phi) is 6.77. The molecule has 0 aliphatic carbocycles. The lowest BCUT2D eigenvalue weighted by atomic mass is 10.2. The third-order valence-corrected chi connectivity index (χ3v) is 3.71. The minimum Gasteiger partial charge on any atom is -0.363 e. The molecule has 2 aromatic rings. The Balaban J connectivity index is 1.69. The molecule has 0 bridgehead atoms. The van der Waals surface area contributed by atoms with Crippen molar-refractivity contribution < 1.29 is 9.59 Å². The summed E-state index contributed by atoms with van der Waals surface area (Å²) >= 11 is 5.79. The van der Waals surface area contributed by atoms with E-state index in [4.69, 9.17) is 11.6 Å². The average molecular weight is 361 g/mol. The second-order valence-corrected chi connectivity index (χ2v) is 6.15. The highest BCUT2D eigenvalue weighted by Gasteiger charge is 2.06. The monoisotopic (exact) mass is 360 g/mol. The molecule has 0 fully saturated rings. The molecule has 1 aromatic heterocycles. The summed E-state index contributed by atoms with van der Waals surface area (Å²) in [5.74, 6) is 0.531. The summed E-state index contributed by atoms with van der Waals surface area (Å²) < 4.78 is 0. The van der Waals surface area contributed by atoms with Crippen LogP contribution in [0.1, 0.15) is 23.2 Å². The molecule has 0 aliphatic heterocycles. The number of benzene rings is 1. The van der Waals surface area contributed by atoms with Crippen molar-refractivity contribution >= 4 is 34.9 Å². The minimum atomic E-state index is -0.180. The first-order valence-electron chi connectivity index (χ1n) is 7.92. The lowest BCUT2D eigenvalue weighted by Crippen LogP contribution is -2.25. The molecule has 1 heterocycles. The molecule has 2 amide bonds. The van der Waals surface area contributed by atoms with Crippen LogP contribution in [0.4, 0.5) is 11.5 Å². The number of hydrogen-bond acceptors (Lipinski definition) is 4. The van der Waals surface area contributed by atoms with E-state index in [2.05, 4.69) is 15.6 Å². The van der Waals surface area contributed by atoms with Crippen LogP contribution in [0.15, 0.2) is 42.6 Å². The zero-order valence-electron chi connectivity index (χ0n) is 14.3. The molecule has 1 aromatic carbocycles. The van der Waals surface area contributed by atoms with Crippen molar-refractivity contribution in [3.05, 3.63) is 53.2 Å². The fourth-order valence-electron chi connectivity index (χ4n) is 2.10. The van der Waals surface area contributed by atoms with Crippen LogP contribution in [0.25, 0.3) is 0 Å². The molecule has 25 heavy (non-hydrogen) atoms. The summed E-state index contributed by atoms with van der Waals surface area (Å²) in [7, 11) is 3.80. The highest BCUT2D eigenvalue weighted by molar-refractivity contribution is 6.30. The smallest absolute Gasteiger partial charge is 0.251 e. The molecule has 0 aliphatic rings. The van der Waals surface area contributed by atoms with Crippen molar-refractivity contribution in [1.82, 2.24) is 10.3 Å². The van der Waals surface area contributed by atoms with E-state index in [1.165, 1.54) is 0 Å². The predicted octanol–water partition coefficient (Wildman–Crippen LogP) is 2.95. The first kappa shape index (κ1) is 18.7. The van der Waals surface area contributed by atoms with Crippen LogP contribution in [0.3, 0.4) is 0 Å². The maximum atomic E-state index is 11.9. The lowest BCUT2D eigenvalue weighted by Gasteiger charge is -2.11. The molecule has 0 radical (unpaired) electrons. The molecule has 0 atom stereocenters. The van der Waals surface area contributed by atoms with Gasteiger partial charge in [0.05, 0.1) is 11.9 Å². The van der Waals surface area contributed by atoms with Crippen LogP contribution < -0.4 is 15.5 Å². The van der Waals surface area contributed by atoms with Gasteiger partial charge in [-0.1, -0.05) is 11.6 Å². The van der Waals surface area contributed by atoms with Gasteiger partial charge in [-0.05, 0) is 42.8 Å². The van der Waals surface area contributed by atoms with Crippen LogP contribution >= 0.6 is 11.6 Å². The van der Waals surface area contributed by atoms with Crippen molar-refractivity contribution in [3.63, 3.8) is 0 Å². The van der Waals surface area contributed by atoms with E-state index in [0.29, 0.717) is 35.7 Å². The SMILES string of the molecule is CN(C)c1ccc(NC(=O)CCCNC(=O)c2ccc(Cl)cc2)cn1. The maximum absolute atomic E-state index is 11.9. The molecular weight excluding hydrogens is 340 g/mol. The number of anilines is 2. The summed E-state index contributed by atoms with van der Waals surface area (Å²) in [6.07, 6.45) is 2.49. The van der Waals surface area contributed by atoms with Crippen molar-refractivity contribution in [3.8, 4) is 0 Å². The molecule has 0 spiro atoms. The van der Waals surface area contributed by atoms with Gasteiger partial charge in [-0.3, -0.25) is 9.59 Å². The van der Waals surface area contributed by atoms with E-state index < -0.39 is 0 Å². The number of pyridine rings is 1. The maximum Gasteiger partial charge on any atom is 0.251 e. The largest absolute Gasteiger partial charge is 0.363 e. The molecule has 7 heteroatoms. The van der Waals surface area contributed by atoms with E-state index in [1.54, 1.807) is 30.5 Å². The van der Waals surface area contributed by atoms with Gasteiger partial charge in [0.25, 0.3) is 5.91 Å². The zero-order valence-corrected chi connectivity index (χ0v) is 15.0. The van der Waals surface area contributed by atoms with Crippen molar-refractivity contribution in [2.75, 3.05) is 30.9 Å². The molecule has 6 nitrogen and oxygen atoms in total. The zero-order chi connectivity index (χ0) is 18.2. The topological polar surface area (TPSA) is 74.3 Å². The van der Waals surface area contributed by atoms with Gasteiger partial charge in [0.1, 0.15) is 5.82 Å². The van der Waals surface area contributed by atoms with Crippen LogP contribution in [0.5, 0.6) is 0 Å². The quantitative estimate of drug-likeness (QED) is 0.744. The van der Waals surface area contributed by atoms with Crippen molar-refractivity contribution in [2.24, 2.45) is 0 Å². The molecule has 0 saturated carbocycles. The average Bonchev–Trinajstić information content (AvgIpc) is 2.59. The van der Waals surface area contributed by atoms with Crippen LogP contribution in [0.2, 0.25) is 5.02 Å². The minimum absolute atomic E-state index is 0.111. The van der Waals surface area contributed by atoms with Gasteiger partial charge in [0, 0.05) is 37.6 Å². The molecule has 132 valence electrons. The lowest BCUT2D eigenvalue weighted by molar-refractivity contribution is -0.116. The second-order valence-electron chi connectivity index (χ2n) is 5.71. The molecule has 2 rings (SSSR count). The first-order chi connectivity index (χ1) is 12.0. The fraction of sp³-hybridized carbons (Fsp3) is 0.278. The number of nitrogens with zero attached hydrogens (tertiary/aromatic N) is 2. The summed E-state index contributed by atoms with van der Waals surface area (Å²) in [4.78, 5) is 29.9. The standard InChI is InChI=1S/C18H21ClN4O2/c1-23(2)16-10-9-15(12-21-16)22-17(24)4-3-11-20-18(25)13-5-7-14(19)8-6-13/h5-10,12H,3-4,11H2,1-2H3,(H,20,25)(H,22,24). The number of rotatable bonds is 7. The number of amides is 2. The first-order valence-corrected chi connectivity index (χ1v) is 8.30. The Hall–Kier alpha value is -2.60. The number of carbonyl (C=O) groups is 2. The normalized spacial score (nSPS) is 10.2. The van der Waals surface area contributed by atoms with Gasteiger partial charge < -0.3 is 15.5 Å². The molecule has 2 N–H and O–H groups in total. The summed E-state index contributed by atoms with van der Waals surface area (Å²) in [5.41, 5.74) is 1.20. The Labute approximate surface area is 152 Å². The number of carbonyl (C=O) groups excluding carboxylic acids is 2. The summed E-state index contributed by atoms with van der Waals surface area (Å²) in [6, 6.07) is 10.3. The van der Waals surface area contributed by atoms with Gasteiger partial charge in [0.15, 0.2) is 0 Å². The highest BCUT2D eigenvalue weighted by Crippen LogP contribution is 2.12. The number of hydrogen-bond donors (Lipinski definition) is 2. The number of halogens is 1. The predicted molar refractivity (Wildman–Crippen MR) is 100 cm³/mol. The Morgan fingerprint density at radius 1 is 1.12 bits per heavy atom. The van der Waals surface area contributed by atoms with Crippen molar-refractivity contribution in [1.29, 1.82) is 0 Å². The second kappa shape index (κ2) is 9.03. The number of nitrogens with one attached hydrogen (secondary N) is 2. The van der Waals surface area contributed by atoms with E-state index in [9.17, 15) is 9.59 Å². The Bertz CT molecular complexity index is 715. The Morgan fingerprint density at radius 3 is 2.44 bits per heavy atom. The van der Waals surface area contributed by atoms with Gasteiger partial charge in [0.2, 0.25) is 5.91 Å². The number of aromatic nitrogens is 1. The van der Waals surface area contributed by atoms with Gasteiger partial charge in [-0.15, -0.1) is 0 Å². The third kappa shape index (κ3) is 6.08. The van der Waals surface area contributed by atoms with Crippen molar-refractivity contribution in [2.45, 2.75) is 12.8 Å². The fourth-order valence-corrected chi connectivity index (χ4v) is 2.23. The summed E-state index contributed by atoms with van der Waals surface area (Å²) in [6.45, 7) is 0.423. The van der Waals surface area contributed by atoms with E-state index in [0.717, 1.165) is 5.82 Å². The molecule has 0 saturated heterocycles. The van der Waals surface area contributed by atoms with E-state index >= 15 is 0 Å².